The highest BCUT2D eigenvalue weighted by Gasteiger charge is 2.60. The van der Waals surface area contributed by atoms with Crippen LogP contribution in [0.15, 0.2) is 0 Å². The number of carboxylic acid groups (broad SMARTS) is 1. The highest BCUT2D eigenvalue weighted by molar-refractivity contribution is 5.79. The fourth-order valence-electron chi connectivity index (χ4n) is 8.48. The Labute approximate surface area is 203 Å². The van der Waals surface area contributed by atoms with Crippen molar-refractivity contribution in [3.63, 3.8) is 0 Å². The summed E-state index contributed by atoms with van der Waals surface area (Å²) in [5.41, 5.74) is 0.974. The van der Waals surface area contributed by atoms with Gasteiger partial charge in [0.25, 0.3) is 0 Å². The Morgan fingerprint density at radius 3 is 2.18 bits per heavy atom. The Kier molecular flexibility index (Phi) is 10.5. The van der Waals surface area contributed by atoms with Gasteiger partial charge in [0.05, 0.1) is 5.92 Å². The van der Waals surface area contributed by atoms with Crippen LogP contribution in [0.1, 0.15) is 119 Å². The molecule has 0 bridgehead atoms. The molecule has 4 fully saturated rings. The molecular weight excluding hydrogens is 412 g/mol. The van der Waals surface area contributed by atoms with E-state index < -0.39 is 5.97 Å². The van der Waals surface area contributed by atoms with E-state index in [1.807, 2.05) is 20.8 Å². The van der Waals surface area contributed by atoms with E-state index in [4.69, 9.17) is 10.2 Å². The number of aliphatic hydroxyl groups is 1. The third kappa shape index (κ3) is 5.85. The molecule has 0 saturated heterocycles. The predicted molar refractivity (Wildman–Crippen MR) is 135 cm³/mol. The van der Waals surface area contributed by atoms with Gasteiger partial charge < -0.3 is 10.2 Å². The molecule has 4 rings (SSSR count). The van der Waals surface area contributed by atoms with Crippen LogP contribution in [-0.4, -0.2) is 28.6 Å². The summed E-state index contributed by atoms with van der Waals surface area (Å²) in [6, 6.07) is 0. The quantitative estimate of drug-likeness (QED) is 0.454. The maximum absolute atomic E-state index is 12.2. The first-order valence-electron chi connectivity index (χ1n) is 14.0. The van der Waals surface area contributed by atoms with Gasteiger partial charge in [-0.05, 0) is 106 Å². The molecule has 4 aliphatic carbocycles. The first-order valence-corrected chi connectivity index (χ1v) is 14.0. The molecule has 0 amide bonds. The fourth-order valence-corrected chi connectivity index (χ4v) is 8.48. The molecule has 4 heteroatoms. The number of aliphatic carboxylic acids is 1. The summed E-state index contributed by atoms with van der Waals surface area (Å²) < 4.78 is 0. The molecule has 4 aliphatic rings. The number of carbonyl (C=O) groups is 2. The number of rotatable bonds is 5. The van der Waals surface area contributed by atoms with E-state index in [0.717, 1.165) is 23.7 Å². The number of hydrogen-bond acceptors (Lipinski definition) is 3. The van der Waals surface area contributed by atoms with Crippen molar-refractivity contribution in [2.24, 2.45) is 46.3 Å². The summed E-state index contributed by atoms with van der Waals surface area (Å²) in [4.78, 5) is 22.3. The van der Waals surface area contributed by atoms with E-state index in [1.165, 1.54) is 64.2 Å². The molecular formula is C29H52O4. The lowest BCUT2D eigenvalue weighted by Gasteiger charge is -2.60. The monoisotopic (exact) mass is 464 g/mol. The summed E-state index contributed by atoms with van der Waals surface area (Å²) in [7, 11) is 0. The lowest BCUT2D eigenvalue weighted by atomic mass is 9.45. The topological polar surface area (TPSA) is 74.6 Å². The van der Waals surface area contributed by atoms with Crippen LogP contribution >= 0.6 is 0 Å². The van der Waals surface area contributed by atoms with Gasteiger partial charge in [-0.2, -0.15) is 0 Å². The molecule has 8 atom stereocenters. The van der Waals surface area contributed by atoms with Crippen molar-refractivity contribution >= 4 is 11.8 Å². The molecule has 0 radical (unpaired) electrons. The van der Waals surface area contributed by atoms with E-state index in [2.05, 4.69) is 13.8 Å². The number of hydrogen-bond donors (Lipinski definition) is 2. The van der Waals surface area contributed by atoms with Crippen LogP contribution in [-0.2, 0) is 9.59 Å². The number of carbonyl (C=O) groups excluding carboxylic acids is 1. The zero-order chi connectivity index (χ0) is 24.8. The molecule has 4 nitrogen and oxygen atoms in total. The lowest BCUT2D eigenvalue weighted by Crippen LogP contribution is -2.53. The van der Waals surface area contributed by atoms with Crippen LogP contribution in [0.5, 0.6) is 0 Å². The minimum Gasteiger partial charge on any atom is -0.481 e. The molecule has 0 spiro atoms. The van der Waals surface area contributed by atoms with Gasteiger partial charge in [0, 0.05) is 12.5 Å². The Bertz CT molecular complexity index is 646. The van der Waals surface area contributed by atoms with Crippen molar-refractivity contribution in [1.82, 2.24) is 0 Å². The standard InChI is InChI=1S/C21H34O.C6H12O3.C2H6/c1-14(22)17-9-10-18-16-8-7-15-6-4-5-12-20(15,2)19(16)11-13-21(17,18)3;1-5(6(8)9)3-2-4-7;1-2/h15-19H,4-13H2,1-3H3;5,7H,2-4H2,1H3,(H,8,9);1-2H3. The van der Waals surface area contributed by atoms with Gasteiger partial charge in [0.1, 0.15) is 5.78 Å². The first kappa shape index (κ1) is 28.3. The average molecular weight is 465 g/mol. The minimum absolute atomic E-state index is 0.0810. The van der Waals surface area contributed by atoms with E-state index in [1.54, 1.807) is 6.92 Å². The maximum Gasteiger partial charge on any atom is 0.306 e. The molecule has 2 N–H and O–H groups in total. The van der Waals surface area contributed by atoms with E-state index in [-0.39, 0.29) is 12.5 Å². The maximum atomic E-state index is 12.2. The largest absolute Gasteiger partial charge is 0.481 e. The fraction of sp³-hybridized carbons (Fsp3) is 0.931. The Morgan fingerprint density at radius 2 is 1.58 bits per heavy atom. The Morgan fingerprint density at radius 1 is 0.909 bits per heavy atom. The average Bonchev–Trinajstić information content (AvgIpc) is 3.16. The second-order valence-electron chi connectivity index (χ2n) is 11.8. The van der Waals surface area contributed by atoms with Gasteiger partial charge >= 0.3 is 5.97 Å². The second-order valence-corrected chi connectivity index (χ2v) is 11.8. The minimum atomic E-state index is -0.788. The van der Waals surface area contributed by atoms with Gasteiger partial charge in [0.15, 0.2) is 0 Å². The third-order valence-electron chi connectivity index (χ3n) is 10.3. The molecule has 4 saturated carbocycles. The summed E-state index contributed by atoms with van der Waals surface area (Å²) in [5.74, 6) is 3.49. The van der Waals surface area contributed by atoms with Crippen molar-refractivity contribution in [3.8, 4) is 0 Å². The SMILES string of the molecule is CC.CC(=O)C1CCC2C3CCC4CCCCC4(C)C3CCC12C.CC(CCCO)C(=O)O. The van der Waals surface area contributed by atoms with Crippen LogP contribution in [0.4, 0.5) is 0 Å². The van der Waals surface area contributed by atoms with Crippen LogP contribution in [0.3, 0.4) is 0 Å². The Balaban J connectivity index is 0.000000299. The molecule has 0 aromatic heterocycles. The predicted octanol–water partition coefficient (Wildman–Crippen LogP) is 7.13. The first-order chi connectivity index (χ1) is 15.6. The molecule has 33 heavy (non-hydrogen) atoms. The summed E-state index contributed by atoms with van der Waals surface area (Å²) >= 11 is 0. The van der Waals surface area contributed by atoms with Crippen molar-refractivity contribution < 1.29 is 19.8 Å². The van der Waals surface area contributed by atoms with E-state index in [9.17, 15) is 9.59 Å². The van der Waals surface area contributed by atoms with Crippen molar-refractivity contribution in [3.05, 3.63) is 0 Å². The van der Waals surface area contributed by atoms with Gasteiger partial charge in [0.2, 0.25) is 0 Å². The van der Waals surface area contributed by atoms with Gasteiger partial charge in [-0.1, -0.05) is 47.5 Å². The molecule has 192 valence electrons. The van der Waals surface area contributed by atoms with Crippen LogP contribution in [0, 0.1) is 46.3 Å². The zero-order valence-electron chi connectivity index (χ0n) is 22.4. The number of aliphatic hydroxyl groups excluding tert-OH is 1. The molecule has 0 heterocycles. The summed E-state index contributed by atoms with van der Waals surface area (Å²) in [6.45, 7) is 12.7. The smallest absolute Gasteiger partial charge is 0.306 e. The molecule has 0 aromatic rings. The van der Waals surface area contributed by atoms with Crippen molar-refractivity contribution in [2.45, 2.75) is 119 Å². The van der Waals surface area contributed by atoms with Crippen LogP contribution in [0.2, 0.25) is 0 Å². The highest BCUT2D eigenvalue weighted by Crippen LogP contribution is 2.67. The number of Topliss-reactive ketones (excluding diaryl/α,β-unsaturated/α-hetero) is 1. The molecule has 0 aliphatic heterocycles. The summed E-state index contributed by atoms with van der Waals surface area (Å²) in [6.07, 6.45) is 15.3. The highest BCUT2D eigenvalue weighted by atomic mass is 16.4. The van der Waals surface area contributed by atoms with Gasteiger partial charge in [-0.25, -0.2) is 0 Å². The molecule has 0 aromatic carbocycles. The van der Waals surface area contributed by atoms with Gasteiger partial charge in [-0.15, -0.1) is 0 Å². The number of ketones is 1. The lowest BCUT2D eigenvalue weighted by molar-refractivity contribution is -0.141. The Hall–Kier alpha value is -0.900. The second kappa shape index (κ2) is 12.2. The van der Waals surface area contributed by atoms with Crippen LogP contribution in [0.25, 0.3) is 0 Å². The van der Waals surface area contributed by atoms with Crippen LogP contribution < -0.4 is 0 Å². The number of fused-ring (bicyclic) bond motifs is 5. The third-order valence-corrected chi connectivity index (χ3v) is 10.3. The summed E-state index contributed by atoms with van der Waals surface area (Å²) in [5, 5.41) is 16.6. The van der Waals surface area contributed by atoms with E-state index >= 15 is 0 Å². The normalized spacial score (nSPS) is 39.9. The van der Waals surface area contributed by atoms with Gasteiger partial charge in [-0.3, -0.25) is 9.59 Å². The molecule has 8 unspecified atom stereocenters. The van der Waals surface area contributed by atoms with Crippen molar-refractivity contribution in [1.29, 1.82) is 0 Å². The zero-order valence-corrected chi connectivity index (χ0v) is 22.4. The van der Waals surface area contributed by atoms with E-state index in [0.29, 0.717) is 35.4 Å². The van der Waals surface area contributed by atoms with Crippen molar-refractivity contribution in [2.75, 3.05) is 6.61 Å². The number of carboxylic acids is 1.